The van der Waals surface area contributed by atoms with Gasteiger partial charge in [-0.25, -0.2) is 0 Å². The smallest absolute Gasteiger partial charge is 0.305 e. The molecule has 1 unspecified atom stereocenters. The van der Waals surface area contributed by atoms with E-state index in [1.54, 1.807) is 0 Å². The highest BCUT2D eigenvalue weighted by atomic mass is 16.5. The SMILES string of the molecule is CCCCCCCCC=CCCCCCCCCCCCCCC(=O)OCCCCCCCCCCCCCCCCCCCCC(C)CC. The number of ether oxygens (including phenoxy) is 1. The van der Waals surface area contributed by atoms with E-state index in [1.165, 1.54) is 238 Å². The molecule has 0 N–H and O–H groups in total. The first-order valence-corrected chi connectivity index (χ1v) is 23.5. The maximum atomic E-state index is 12.0. The minimum absolute atomic E-state index is 0.0289. The predicted molar refractivity (Wildman–Crippen MR) is 225 cm³/mol. The normalized spacial score (nSPS) is 12.3. The van der Waals surface area contributed by atoms with Crippen LogP contribution in [0.15, 0.2) is 12.2 Å². The van der Waals surface area contributed by atoms with Crippen molar-refractivity contribution in [1.82, 2.24) is 0 Å². The first-order chi connectivity index (χ1) is 24.7. The van der Waals surface area contributed by atoms with E-state index >= 15 is 0 Å². The summed E-state index contributed by atoms with van der Waals surface area (Å²) >= 11 is 0. The fourth-order valence-corrected chi connectivity index (χ4v) is 7.29. The predicted octanol–water partition coefficient (Wildman–Crippen LogP) is 17.4. The summed E-state index contributed by atoms with van der Waals surface area (Å²) < 4.78 is 5.49. The summed E-state index contributed by atoms with van der Waals surface area (Å²) in [5, 5.41) is 0. The van der Waals surface area contributed by atoms with Gasteiger partial charge in [-0.2, -0.15) is 0 Å². The number of esters is 1. The van der Waals surface area contributed by atoms with Gasteiger partial charge < -0.3 is 4.74 Å². The van der Waals surface area contributed by atoms with Crippen LogP contribution in [0.25, 0.3) is 0 Å². The lowest BCUT2D eigenvalue weighted by Gasteiger charge is -2.07. The molecular weight excluding hydrogens is 609 g/mol. The Kier molecular flexibility index (Phi) is 43.7. The summed E-state index contributed by atoms with van der Waals surface area (Å²) in [5.74, 6) is 0.961. The molecule has 1 atom stereocenters. The molecule has 0 aliphatic rings. The zero-order chi connectivity index (χ0) is 36.3. The van der Waals surface area contributed by atoms with Crippen LogP contribution in [-0.2, 0) is 9.53 Å². The van der Waals surface area contributed by atoms with E-state index in [1.807, 2.05) is 0 Å². The van der Waals surface area contributed by atoms with Gasteiger partial charge in [0.05, 0.1) is 6.61 Å². The van der Waals surface area contributed by atoms with Crippen LogP contribution in [0.1, 0.15) is 278 Å². The van der Waals surface area contributed by atoms with Crippen LogP contribution in [0.2, 0.25) is 0 Å². The molecule has 0 aromatic heterocycles. The molecule has 0 aliphatic carbocycles. The van der Waals surface area contributed by atoms with Crippen LogP contribution >= 0.6 is 0 Å². The van der Waals surface area contributed by atoms with Crippen LogP contribution in [0, 0.1) is 5.92 Å². The molecule has 0 aliphatic heterocycles. The van der Waals surface area contributed by atoms with Crippen molar-refractivity contribution < 1.29 is 9.53 Å². The third kappa shape index (κ3) is 43.4. The number of rotatable bonds is 43. The molecule has 0 fully saturated rings. The van der Waals surface area contributed by atoms with E-state index in [2.05, 4.69) is 32.9 Å². The molecule has 298 valence electrons. The van der Waals surface area contributed by atoms with Gasteiger partial charge in [0, 0.05) is 6.42 Å². The van der Waals surface area contributed by atoms with Crippen molar-refractivity contribution in [1.29, 1.82) is 0 Å². The van der Waals surface area contributed by atoms with E-state index in [0.717, 1.165) is 18.8 Å². The van der Waals surface area contributed by atoms with Gasteiger partial charge in [-0.05, 0) is 44.4 Å². The Morgan fingerprint density at radius 2 is 0.740 bits per heavy atom. The van der Waals surface area contributed by atoms with Gasteiger partial charge in [-0.3, -0.25) is 4.79 Å². The third-order valence-electron chi connectivity index (χ3n) is 11.2. The molecule has 0 rings (SSSR count). The monoisotopic (exact) mass is 703 g/mol. The third-order valence-corrected chi connectivity index (χ3v) is 11.2. The summed E-state index contributed by atoms with van der Waals surface area (Å²) in [4.78, 5) is 12.0. The highest BCUT2D eigenvalue weighted by Gasteiger charge is 2.03. The van der Waals surface area contributed by atoms with Gasteiger partial charge in [-0.15, -0.1) is 0 Å². The molecule has 2 heteroatoms. The first kappa shape index (κ1) is 49.2. The van der Waals surface area contributed by atoms with Gasteiger partial charge in [0.15, 0.2) is 0 Å². The number of carbonyl (C=O) groups excluding carboxylic acids is 1. The average molecular weight is 703 g/mol. The fourth-order valence-electron chi connectivity index (χ4n) is 7.29. The van der Waals surface area contributed by atoms with E-state index in [0.29, 0.717) is 13.0 Å². The van der Waals surface area contributed by atoms with Crippen LogP contribution in [0.3, 0.4) is 0 Å². The second-order valence-corrected chi connectivity index (χ2v) is 16.3. The van der Waals surface area contributed by atoms with E-state index in [-0.39, 0.29) is 5.97 Å². The average Bonchev–Trinajstić information content (AvgIpc) is 3.12. The second kappa shape index (κ2) is 44.4. The van der Waals surface area contributed by atoms with Crippen molar-refractivity contribution in [2.24, 2.45) is 5.92 Å². The lowest BCUT2D eigenvalue weighted by molar-refractivity contribution is -0.143. The molecule has 2 nitrogen and oxygen atoms in total. The lowest BCUT2D eigenvalue weighted by atomic mass is 9.99. The minimum Gasteiger partial charge on any atom is -0.466 e. The van der Waals surface area contributed by atoms with Crippen LogP contribution in [0.4, 0.5) is 0 Å². The molecule has 0 saturated heterocycles. The summed E-state index contributed by atoms with van der Waals surface area (Å²) in [6.07, 6.45) is 58.9. The molecule has 0 bridgehead atoms. The Bertz CT molecular complexity index is 655. The largest absolute Gasteiger partial charge is 0.466 e. The number of hydrogen-bond donors (Lipinski definition) is 0. The maximum Gasteiger partial charge on any atom is 0.305 e. The van der Waals surface area contributed by atoms with Crippen molar-refractivity contribution in [3.63, 3.8) is 0 Å². The molecule has 0 spiro atoms. The topological polar surface area (TPSA) is 26.3 Å². The number of allylic oxidation sites excluding steroid dienone is 2. The summed E-state index contributed by atoms with van der Waals surface area (Å²) in [6, 6.07) is 0. The molecular formula is C48H94O2. The zero-order valence-corrected chi connectivity index (χ0v) is 35.0. The molecule has 0 heterocycles. The van der Waals surface area contributed by atoms with Gasteiger partial charge >= 0.3 is 5.97 Å². The summed E-state index contributed by atoms with van der Waals surface area (Å²) in [7, 11) is 0. The van der Waals surface area contributed by atoms with E-state index in [9.17, 15) is 4.79 Å². The van der Waals surface area contributed by atoms with Crippen molar-refractivity contribution in [3.8, 4) is 0 Å². The second-order valence-electron chi connectivity index (χ2n) is 16.3. The Morgan fingerprint density at radius 1 is 0.420 bits per heavy atom. The van der Waals surface area contributed by atoms with Gasteiger partial charge in [-0.1, -0.05) is 245 Å². The molecule has 0 aromatic carbocycles. The Hall–Kier alpha value is -0.790. The minimum atomic E-state index is 0.0289. The van der Waals surface area contributed by atoms with E-state index < -0.39 is 0 Å². The van der Waals surface area contributed by atoms with Crippen molar-refractivity contribution >= 4 is 5.97 Å². The van der Waals surface area contributed by atoms with Crippen molar-refractivity contribution in [2.75, 3.05) is 6.61 Å². The van der Waals surface area contributed by atoms with Crippen LogP contribution < -0.4 is 0 Å². The first-order valence-electron chi connectivity index (χ1n) is 23.5. The van der Waals surface area contributed by atoms with Gasteiger partial charge in [0.25, 0.3) is 0 Å². The zero-order valence-electron chi connectivity index (χ0n) is 35.0. The maximum absolute atomic E-state index is 12.0. The molecule has 0 aromatic rings. The fraction of sp³-hybridized carbons (Fsp3) is 0.938. The number of carbonyl (C=O) groups is 1. The number of hydrogen-bond acceptors (Lipinski definition) is 2. The van der Waals surface area contributed by atoms with Gasteiger partial charge in [0.1, 0.15) is 0 Å². The lowest BCUT2D eigenvalue weighted by Crippen LogP contribution is -2.05. The molecule has 50 heavy (non-hydrogen) atoms. The highest BCUT2D eigenvalue weighted by molar-refractivity contribution is 5.69. The summed E-state index contributed by atoms with van der Waals surface area (Å²) in [6.45, 7) is 7.64. The van der Waals surface area contributed by atoms with Gasteiger partial charge in [0.2, 0.25) is 0 Å². The number of unbranched alkanes of at least 4 members (excludes halogenated alkanes) is 34. The van der Waals surface area contributed by atoms with Crippen LogP contribution in [-0.4, -0.2) is 12.6 Å². The standard InChI is InChI=1S/C48H94O2/c1-4-6-7-8-9-10-11-12-13-14-15-16-17-21-24-27-30-33-36-39-42-45-48(49)50-46-43-40-37-34-31-28-25-22-19-18-20-23-26-29-32-35-38-41-44-47(3)5-2/h12-13,47H,4-11,14-46H2,1-3H3. The summed E-state index contributed by atoms with van der Waals surface area (Å²) in [5.41, 5.74) is 0. The molecule has 0 saturated carbocycles. The van der Waals surface area contributed by atoms with Crippen molar-refractivity contribution in [2.45, 2.75) is 278 Å². The van der Waals surface area contributed by atoms with Crippen molar-refractivity contribution in [3.05, 3.63) is 12.2 Å². The Balaban J connectivity index is 3.18. The molecule has 0 amide bonds. The van der Waals surface area contributed by atoms with Crippen LogP contribution in [0.5, 0.6) is 0 Å². The highest BCUT2D eigenvalue weighted by Crippen LogP contribution is 2.17. The van der Waals surface area contributed by atoms with E-state index in [4.69, 9.17) is 4.74 Å². The Labute approximate surface area is 316 Å². The quantitative estimate of drug-likeness (QED) is 0.0359. The Morgan fingerprint density at radius 3 is 1.12 bits per heavy atom. The molecule has 0 radical (unpaired) electrons.